The Labute approximate surface area is 146 Å². The molecule has 1 aliphatic heterocycles. The van der Waals surface area contributed by atoms with Crippen molar-refractivity contribution in [2.24, 2.45) is 0 Å². The molecular formula is C19H22FN3O2. The lowest BCUT2D eigenvalue weighted by atomic mass is 9.91. The second-order valence-electron chi connectivity index (χ2n) is 6.91. The molecule has 4 rings (SSSR count). The Balaban J connectivity index is 1.44. The lowest BCUT2D eigenvalue weighted by Gasteiger charge is -2.23. The summed E-state index contributed by atoms with van der Waals surface area (Å²) in [6.45, 7) is 3.02. The average molecular weight is 343 g/mol. The van der Waals surface area contributed by atoms with E-state index < -0.39 is 5.82 Å². The van der Waals surface area contributed by atoms with E-state index in [1.807, 2.05) is 0 Å². The van der Waals surface area contributed by atoms with Gasteiger partial charge < -0.3 is 9.84 Å². The average Bonchev–Trinajstić information content (AvgIpc) is 3.26. The highest BCUT2D eigenvalue weighted by Gasteiger charge is 2.28. The van der Waals surface area contributed by atoms with Crippen LogP contribution in [-0.4, -0.2) is 35.1 Å². The molecule has 2 aromatic rings. The van der Waals surface area contributed by atoms with Crippen LogP contribution in [0.15, 0.2) is 28.8 Å². The summed E-state index contributed by atoms with van der Waals surface area (Å²) in [5.41, 5.74) is 2.20. The first kappa shape index (κ1) is 16.3. The van der Waals surface area contributed by atoms with Crippen LogP contribution in [-0.2, 0) is 19.4 Å². The van der Waals surface area contributed by atoms with Gasteiger partial charge in [-0.05, 0) is 50.9 Å². The van der Waals surface area contributed by atoms with Crippen molar-refractivity contribution in [2.75, 3.05) is 13.1 Å². The number of hydrogen-bond acceptors (Lipinski definition) is 4. The largest absolute Gasteiger partial charge is 0.361 e. The number of aryl methyl sites for hydroxylation is 1. The molecule has 2 aliphatic rings. The Bertz CT molecular complexity index is 768. The highest BCUT2D eigenvalue weighted by Crippen LogP contribution is 2.26. The number of nitrogens with zero attached hydrogens (tertiary/aromatic N) is 2. The molecule has 1 amide bonds. The number of fused-ring (bicyclic) bond motifs is 1. The summed E-state index contributed by atoms with van der Waals surface area (Å²) in [7, 11) is 0. The van der Waals surface area contributed by atoms with E-state index in [1.165, 1.54) is 25.0 Å². The number of rotatable bonds is 4. The number of carbonyl (C=O) groups is 1. The fraction of sp³-hybridized carbons (Fsp3) is 0.474. The molecule has 6 heteroatoms. The van der Waals surface area contributed by atoms with Gasteiger partial charge in [-0.3, -0.25) is 9.69 Å². The van der Waals surface area contributed by atoms with Crippen molar-refractivity contribution in [3.8, 4) is 0 Å². The summed E-state index contributed by atoms with van der Waals surface area (Å²) in [6, 6.07) is 6.06. The molecule has 1 aromatic heterocycles. The van der Waals surface area contributed by atoms with Gasteiger partial charge in [0.1, 0.15) is 17.3 Å². The molecule has 25 heavy (non-hydrogen) atoms. The summed E-state index contributed by atoms with van der Waals surface area (Å²) in [5.74, 6) is 0.0888. The van der Waals surface area contributed by atoms with Gasteiger partial charge in [-0.2, -0.15) is 0 Å². The fourth-order valence-electron chi connectivity index (χ4n) is 3.77. The highest BCUT2D eigenvalue weighted by molar-refractivity contribution is 5.94. The monoisotopic (exact) mass is 343 g/mol. The van der Waals surface area contributed by atoms with Crippen LogP contribution in [0.3, 0.4) is 0 Å². The van der Waals surface area contributed by atoms with Crippen molar-refractivity contribution in [3.05, 3.63) is 52.7 Å². The van der Waals surface area contributed by atoms with Crippen molar-refractivity contribution >= 4 is 5.91 Å². The molecule has 132 valence electrons. The minimum absolute atomic E-state index is 0.0173. The smallest absolute Gasteiger partial charge is 0.254 e. The van der Waals surface area contributed by atoms with Crippen LogP contribution in [0, 0.1) is 5.82 Å². The number of halogens is 1. The molecule has 0 radical (unpaired) electrons. The molecule has 1 aromatic carbocycles. The van der Waals surface area contributed by atoms with Crippen molar-refractivity contribution in [3.63, 3.8) is 0 Å². The number of nitrogens with one attached hydrogen (secondary N) is 1. The quantitative estimate of drug-likeness (QED) is 0.927. The Morgan fingerprint density at radius 2 is 2.12 bits per heavy atom. The zero-order chi connectivity index (χ0) is 17.2. The molecule has 1 saturated heterocycles. The number of carbonyl (C=O) groups excluding carboxylic acids is 1. The number of aromatic nitrogens is 1. The molecular weight excluding hydrogens is 321 g/mol. The van der Waals surface area contributed by atoms with Crippen molar-refractivity contribution in [2.45, 2.75) is 44.7 Å². The van der Waals surface area contributed by atoms with E-state index in [0.29, 0.717) is 6.42 Å². The third-order valence-corrected chi connectivity index (χ3v) is 5.15. The van der Waals surface area contributed by atoms with Gasteiger partial charge in [0.2, 0.25) is 0 Å². The van der Waals surface area contributed by atoms with Gasteiger partial charge in [0.05, 0.1) is 5.56 Å². The first-order chi connectivity index (χ1) is 12.2. The number of likely N-dealkylation sites (tertiary alicyclic amines) is 1. The lowest BCUT2D eigenvalue weighted by molar-refractivity contribution is 0.0928. The maximum atomic E-state index is 13.8. The Morgan fingerprint density at radius 3 is 2.92 bits per heavy atom. The van der Waals surface area contributed by atoms with E-state index in [2.05, 4.69) is 15.4 Å². The lowest BCUT2D eigenvalue weighted by Crippen LogP contribution is -2.39. The van der Waals surface area contributed by atoms with Crippen LogP contribution in [0.2, 0.25) is 0 Å². The molecule has 1 atom stereocenters. The second kappa shape index (κ2) is 6.96. The molecule has 1 aliphatic carbocycles. The van der Waals surface area contributed by atoms with E-state index in [0.717, 1.165) is 49.5 Å². The van der Waals surface area contributed by atoms with Gasteiger partial charge in [0.15, 0.2) is 0 Å². The maximum Gasteiger partial charge on any atom is 0.254 e. The highest BCUT2D eigenvalue weighted by atomic mass is 19.1. The van der Waals surface area contributed by atoms with E-state index in [1.54, 1.807) is 12.1 Å². The topological polar surface area (TPSA) is 58.4 Å². The normalized spacial score (nSPS) is 20.4. The van der Waals surface area contributed by atoms with Gasteiger partial charge >= 0.3 is 0 Å². The molecule has 0 spiro atoms. The van der Waals surface area contributed by atoms with Gasteiger partial charge in [-0.1, -0.05) is 17.3 Å². The van der Waals surface area contributed by atoms with Crippen LogP contribution >= 0.6 is 0 Å². The van der Waals surface area contributed by atoms with Gasteiger partial charge in [-0.15, -0.1) is 0 Å². The zero-order valence-electron chi connectivity index (χ0n) is 14.1. The summed E-state index contributed by atoms with van der Waals surface area (Å²) < 4.78 is 19.3. The van der Waals surface area contributed by atoms with Crippen molar-refractivity contribution in [1.82, 2.24) is 15.4 Å². The standard InChI is InChI=1S/C19H22FN3O2/c20-16-6-2-1-5-14(16)19(24)21-13-7-8-18-15(11-13)17(22-25-18)12-23-9-3-4-10-23/h1-2,5-6,13H,3-4,7-12H2,(H,21,24). The van der Waals surface area contributed by atoms with Crippen molar-refractivity contribution in [1.29, 1.82) is 0 Å². The molecule has 0 bridgehead atoms. The first-order valence-corrected chi connectivity index (χ1v) is 8.95. The van der Waals surface area contributed by atoms with Crippen LogP contribution in [0.25, 0.3) is 0 Å². The Morgan fingerprint density at radius 1 is 1.32 bits per heavy atom. The number of amides is 1. The number of hydrogen-bond donors (Lipinski definition) is 1. The van der Waals surface area contributed by atoms with Gasteiger partial charge in [0, 0.05) is 24.6 Å². The number of benzene rings is 1. The predicted molar refractivity (Wildman–Crippen MR) is 90.7 cm³/mol. The van der Waals surface area contributed by atoms with Crippen LogP contribution in [0.4, 0.5) is 4.39 Å². The second-order valence-corrected chi connectivity index (χ2v) is 6.91. The molecule has 1 unspecified atom stereocenters. The molecule has 0 saturated carbocycles. The minimum Gasteiger partial charge on any atom is -0.361 e. The van der Waals surface area contributed by atoms with E-state index in [9.17, 15) is 9.18 Å². The SMILES string of the molecule is O=C(NC1CCc2onc(CN3CCCC3)c2C1)c1ccccc1F. The van der Waals surface area contributed by atoms with E-state index in [4.69, 9.17) is 4.52 Å². The fourth-order valence-corrected chi connectivity index (χ4v) is 3.77. The molecule has 1 N–H and O–H groups in total. The maximum absolute atomic E-state index is 13.8. The van der Waals surface area contributed by atoms with Crippen LogP contribution in [0.1, 0.15) is 46.6 Å². The third-order valence-electron chi connectivity index (χ3n) is 5.15. The zero-order valence-corrected chi connectivity index (χ0v) is 14.1. The Kier molecular flexibility index (Phi) is 4.53. The van der Waals surface area contributed by atoms with Crippen LogP contribution < -0.4 is 5.32 Å². The van der Waals surface area contributed by atoms with E-state index >= 15 is 0 Å². The van der Waals surface area contributed by atoms with Gasteiger partial charge in [-0.25, -0.2) is 4.39 Å². The summed E-state index contributed by atoms with van der Waals surface area (Å²) in [4.78, 5) is 14.7. The first-order valence-electron chi connectivity index (χ1n) is 8.95. The van der Waals surface area contributed by atoms with E-state index in [-0.39, 0.29) is 17.5 Å². The summed E-state index contributed by atoms with van der Waals surface area (Å²) >= 11 is 0. The minimum atomic E-state index is -0.490. The molecule has 2 heterocycles. The third kappa shape index (κ3) is 3.44. The Hall–Kier alpha value is -2.21. The van der Waals surface area contributed by atoms with Gasteiger partial charge in [0.25, 0.3) is 5.91 Å². The summed E-state index contributed by atoms with van der Waals surface area (Å²) in [6.07, 6.45) is 4.71. The predicted octanol–water partition coefficient (Wildman–Crippen LogP) is 2.70. The molecule has 5 nitrogen and oxygen atoms in total. The van der Waals surface area contributed by atoms with Crippen molar-refractivity contribution < 1.29 is 13.7 Å². The summed E-state index contributed by atoms with van der Waals surface area (Å²) in [5, 5.41) is 7.22. The van der Waals surface area contributed by atoms with Crippen LogP contribution in [0.5, 0.6) is 0 Å². The molecule has 1 fully saturated rings.